The molecule has 2 aromatic rings. The molecule has 0 amide bonds. The van der Waals surface area contributed by atoms with Gasteiger partial charge in [0.15, 0.2) is 11.5 Å². The molecule has 1 aromatic heterocycles. The molecule has 156 valence electrons. The molecule has 0 saturated heterocycles. The maximum Gasteiger partial charge on any atom is 0.372 e. The molecule has 1 aliphatic carbocycles. The number of aromatic nitrogens is 2. The van der Waals surface area contributed by atoms with E-state index in [1.54, 1.807) is 14.2 Å². The molecule has 9 heteroatoms. The summed E-state index contributed by atoms with van der Waals surface area (Å²) in [6, 6.07) is 5.64. The Morgan fingerprint density at radius 2 is 1.90 bits per heavy atom. The number of hydrogen-bond acceptors (Lipinski definition) is 8. The lowest BCUT2D eigenvalue weighted by Gasteiger charge is -2.22. The third-order valence-electron chi connectivity index (χ3n) is 4.96. The van der Waals surface area contributed by atoms with Crippen LogP contribution in [0.4, 0.5) is 11.5 Å². The molecule has 1 N–H and O–H groups in total. The van der Waals surface area contributed by atoms with Gasteiger partial charge in [0.05, 0.1) is 19.1 Å². The van der Waals surface area contributed by atoms with Crippen molar-refractivity contribution in [3.05, 3.63) is 40.2 Å². The molecular formula is C20H26N4O5. The van der Waals surface area contributed by atoms with Gasteiger partial charge in [0.2, 0.25) is 5.82 Å². The summed E-state index contributed by atoms with van der Waals surface area (Å²) >= 11 is 0. The predicted molar refractivity (Wildman–Crippen MR) is 108 cm³/mol. The van der Waals surface area contributed by atoms with Crippen molar-refractivity contribution in [2.45, 2.75) is 44.6 Å². The number of methoxy groups -OCH3 is 2. The second-order valence-corrected chi connectivity index (χ2v) is 6.88. The van der Waals surface area contributed by atoms with Gasteiger partial charge in [-0.2, -0.15) is 4.98 Å². The normalized spacial score (nSPS) is 14.3. The third kappa shape index (κ3) is 5.24. The van der Waals surface area contributed by atoms with E-state index in [4.69, 9.17) is 14.2 Å². The van der Waals surface area contributed by atoms with E-state index in [1.807, 2.05) is 18.2 Å². The van der Waals surface area contributed by atoms with Gasteiger partial charge in [-0.15, -0.1) is 0 Å². The Morgan fingerprint density at radius 3 is 2.59 bits per heavy atom. The minimum atomic E-state index is -0.489. The highest BCUT2D eigenvalue weighted by molar-refractivity contribution is 5.61. The van der Waals surface area contributed by atoms with Crippen LogP contribution in [0.15, 0.2) is 24.5 Å². The number of nitro groups is 1. The molecule has 1 heterocycles. The van der Waals surface area contributed by atoms with Crippen LogP contribution in [0.3, 0.4) is 0 Å². The molecule has 9 nitrogen and oxygen atoms in total. The van der Waals surface area contributed by atoms with E-state index in [1.165, 1.54) is 12.7 Å². The van der Waals surface area contributed by atoms with Crippen LogP contribution >= 0.6 is 0 Å². The van der Waals surface area contributed by atoms with Crippen LogP contribution in [-0.2, 0) is 6.42 Å². The van der Waals surface area contributed by atoms with Crippen LogP contribution < -0.4 is 19.5 Å². The molecule has 0 radical (unpaired) electrons. The smallest absolute Gasteiger partial charge is 0.372 e. The van der Waals surface area contributed by atoms with E-state index >= 15 is 0 Å². The topological polar surface area (TPSA) is 109 Å². The van der Waals surface area contributed by atoms with Crippen LogP contribution in [-0.4, -0.2) is 41.8 Å². The van der Waals surface area contributed by atoms with Crippen molar-refractivity contribution < 1.29 is 19.1 Å². The molecule has 0 aliphatic heterocycles. The van der Waals surface area contributed by atoms with Crippen molar-refractivity contribution in [2.24, 2.45) is 0 Å². The van der Waals surface area contributed by atoms with Crippen LogP contribution in [0.5, 0.6) is 17.4 Å². The minimum Gasteiger partial charge on any atom is -0.493 e. The fraction of sp³-hybridized carbons (Fsp3) is 0.500. The number of benzene rings is 1. The monoisotopic (exact) mass is 402 g/mol. The van der Waals surface area contributed by atoms with E-state index in [-0.39, 0.29) is 23.5 Å². The Morgan fingerprint density at radius 1 is 1.14 bits per heavy atom. The van der Waals surface area contributed by atoms with Crippen LogP contribution in [0.25, 0.3) is 0 Å². The van der Waals surface area contributed by atoms with Crippen molar-refractivity contribution in [1.29, 1.82) is 0 Å². The van der Waals surface area contributed by atoms with E-state index in [9.17, 15) is 10.1 Å². The average Bonchev–Trinajstić information content (AvgIpc) is 2.74. The summed E-state index contributed by atoms with van der Waals surface area (Å²) in [6.07, 6.45) is 6.99. The minimum absolute atomic E-state index is 0.0306. The second kappa shape index (κ2) is 9.90. The maximum atomic E-state index is 11.6. The number of anilines is 1. The van der Waals surface area contributed by atoms with Gasteiger partial charge in [-0.3, -0.25) is 10.1 Å². The van der Waals surface area contributed by atoms with E-state index in [0.717, 1.165) is 31.2 Å². The standard InChI is InChI=1S/C20H26N4O5/c1-27-16-9-8-14(12-17(16)28-2)10-11-21-19-18(24(25)26)20(23-13-22-19)29-15-6-4-3-5-7-15/h8-9,12-13,15H,3-7,10-11H2,1-2H3,(H,21,22,23). The molecule has 1 aromatic carbocycles. The third-order valence-corrected chi connectivity index (χ3v) is 4.96. The fourth-order valence-corrected chi connectivity index (χ4v) is 3.45. The number of nitrogens with zero attached hydrogens (tertiary/aromatic N) is 3. The first-order chi connectivity index (χ1) is 14.1. The number of rotatable bonds is 9. The summed E-state index contributed by atoms with van der Waals surface area (Å²) < 4.78 is 16.4. The lowest BCUT2D eigenvalue weighted by Crippen LogP contribution is -2.21. The van der Waals surface area contributed by atoms with Gasteiger partial charge in [-0.1, -0.05) is 12.5 Å². The molecule has 1 saturated carbocycles. The molecule has 3 rings (SSSR count). The zero-order chi connectivity index (χ0) is 20.6. The second-order valence-electron chi connectivity index (χ2n) is 6.88. The summed E-state index contributed by atoms with van der Waals surface area (Å²) in [6.45, 7) is 0.455. The Bertz CT molecular complexity index is 840. The summed E-state index contributed by atoms with van der Waals surface area (Å²) in [5, 5.41) is 14.7. The molecular weight excluding hydrogens is 376 g/mol. The van der Waals surface area contributed by atoms with E-state index in [0.29, 0.717) is 24.5 Å². The van der Waals surface area contributed by atoms with Gasteiger partial charge in [0.25, 0.3) is 5.88 Å². The first kappa shape index (κ1) is 20.6. The Kier molecular flexibility index (Phi) is 7.04. The molecule has 0 unspecified atom stereocenters. The van der Waals surface area contributed by atoms with Crippen LogP contribution in [0.1, 0.15) is 37.7 Å². The van der Waals surface area contributed by atoms with Gasteiger partial charge in [-0.05, 0) is 49.8 Å². The Hall–Kier alpha value is -3.10. The zero-order valence-corrected chi connectivity index (χ0v) is 16.7. The van der Waals surface area contributed by atoms with Gasteiger partial charge in [0.1, 0.15) is 12.4 Å². The molecule has 1 fully saturated rings. The number of ether oxygens (including phenoxy) is 3. The van der Waals surface area contributed by atoms with Gasteiger partial charge < -0.3 is 19.5 Å². The molecule has 0 bridgehead atoms. The maximum absolute atomic E-state index is 11.6. The van der Waals surface area contributed by atoms with Gasteiger partial charge >= 0.3 is 5.69 Å². The first-order valence-corrected chi connectivity index (χ1v) is 9.73. The van der Waals surface area contributed by atoms with Crippen LogP contribution in [0.2, 0.25) is 0 Å². The lowest BCUT2D eigenvalue weighted by molar-refractivity contribution is -0.385. The SMILES string of the molecule is COc1ccc(CCNc2ncnc(OC3CCCCC3)c2[N+](=O)[O-])cc1OC. The van der Waals surface area contributed by atoms with E-state index in [2.05, 4.69) is 15.3 Å². The van der Waals surface area contributed by atoms with Crippen molar-refractivity contribution in [3.8, 4) is 17.4 Å². The molecule has 0 spiro atoms. The summed E-state index contributed by atoms with van der Waals surface area (Å²) in [7, 11) is 3.16. The summed E-state index contributed by atoms with van der Waals surface area (Å²) in [4.78, 5) is 19.2. The Labute approximate surface area is 169 Å². The highest BCUT2D eigenvalue weighted by Crippen LogP contribution is 2.33. The van der Waals surface area contributed by atoms with Crippen molar-refractivity contribution in [2.75, 3.05) is 26.1 Å². The molecule has 1 aliphatic rings. The zero-order valence-electron chi connectivity index (χ0n) is 16.7. The first-order valence-electron chi connectivity index (χ1n) is 9.73. The molecule has 0 atom stereocenters. The fourth-order valence-electron chi connectivity index (χ4n) is 3.45. The summed E-state index contributed by atoms with van der Waals surface area (Å²) in [5.41, 5.74) is 0.788. The quantitative estimate of drug-likeness (QED) is 0.499. The van der Waals surface area contributed by atoms with Gasteiger partial charge in [-0.25, -0.2) is 4.98 Å². The average molecular weight is 402 g/mol. The van der Waals surface area contributed by atoms with Crippen molar-refractivity contribution in [3.63, 3.8) is 0 Å². The highest BCUT2D eigenvalue weighted by Gasteiger charge is 2.27. The van der Waals surface area contributed by atoms with Crippen molar-refractivity contribution >= 4 is 11.5 Å². The van der Waals surface area contributed by atoms with Crippen molar-refractivity contribution in [1.82, 2.24) is 9.97 Å². The lowest BCUT2D eigenvalue weighted by atomic mass is 9.98. The Balaban J connectivity index is 1.68. The predicted octanol–water partition coefficient (Wildman–Crippen LogP) is 3.77. The highest BCUT2D eigenvalue weighted by atomic mass is 16.6. The summed E-state index contributed by atoms with van der Waals surface area (Å²) in [5.74, 6) is 1.49. The number of hydrogen-bond donors (Lipinski definition) is 1. The van der Waals surface area contributed by atoms with E-state index < -0.39 is 4.92 Å². The van der Waals surface area contributed by atoms with Gasteiger partial charge in [0, 0.05) is 6.54 Å². The number of nitrogens with one attached hydrogen (secondary N) is 1. The molecule has 29 heavy (non-hydrogen) atoms. The van der Waals surface area contributed by atoms with Crippen LogP contribution in [0, 0.1) is 10.1 Å². The largest absolute Gasteiger partial charge is 0.493 e.